The lowest BCUT2D eigenvalue weighted by molar-refractivity contribution is 0.160. The van der Waals surface area contributed by atoms with Crippen LogP contribution in [-0.2, 0) is 0 Å². The molecule has 2 saturated carbocycles. The monoisotopic (exact) mass is 172 g/mol. The molecule has 2 rings (SSSR count). The molecule has 0 nitrogen and oxygen atoms in total. The third kappa shape index (κ3) is 0.771. The van der Waals surface area contributed by atoms with Gasteiger partial charge in [0.2, 0.25) is 0 Å². The van der Waals surface area contributed by atoms with Gasteiger partial charge in [-0.1, -0.05) is 13.8 Å². The predicted octanol–water partition coefficient (Wildman–Crippen LogP) is 3.44. The van der Waals surface area contributed by atoms with E-state index in [9.17, 15) is 0 Å². The van der Waals surface area contributed by atoms with Crippen molar-refractivity contribution in [2.45, 2.75) is 44.9 Å². The zero-order valence-corrected chi connectivity index (χ0v) is 8.41. The fourth-order valence-corrected chi connectivity index (χ4v) is 3.41. The molecule has 0 heterocycles. The van der Waals surface area contributed by atoms with Gasteiger partial charge in [-0.25, -0.2) is 0 Å². The molecule has 0 aromatic carbocycles. The molecule has 0 aliphatic heterocycles. The summed E-state index contributed by atoms with van der Waals surface area (Å²) in [4.78, 5) is 0.0793. The van der Waals surface area contributed by atoms with Crippen molar-refractivity contribution in [3.8, 4) is 0 Å². The van der Waals surface area contributed by atoms with Crippen molar-refractivity contribution < 1.29 is 0 Å². The Morgan fingerprint density at radius 1 is 1.09 bits per heavy atom. The Balaban J connectivity index is 2.36. The molecule has 2 aliphatic rings. The molecule has 0 aromatic heterocycles. The van der Waals surface area contributed by atoms with Gasteiger partial charge in [0.1, 0.15) is 0 Å². The van der Waals surface area contributed by atoms with Gasteiger partial charge in [0.05, 0.1) is 0 Å². The normalized spacial score (nSPS) is 53.5. The lowest BCUT2D eigenvalue weighted by Crippen LogP contribution is -2.41. The molecule has 2 bridgehead atoms. The maximum atomic E-state index is 6.56. The second kappa shape index (κ2) is 1.96. The first-order chi connectivity index (χ1) is 4.96. The molecule has 0 radical (unpaired) electrons. The minimum atomic E-state index is 0.0793. The number of alkyl halides is 1. The van der Waals surface area contributed by atoms with Crippen LogP contribution in [0.25, 0.3) is 0 Å². The molecule has 0 unspecified atom stereocenters. The van der Waals surface area contributed by atoms with Crippen LogP contribution in [0.15, 0.2) is 0 Å². The Labute approximate surface area is 74.3 Å². The molecule has 64 valence electrons. The molecule has 2 fully saturated rings. The van der Waals surface area contributed by atoms with Gasteiger partial charge in [0.25, 0.3) is 0 Å². The number of halogens is 1. The Bertz CT molecular complexity index is 161. The fourth-order valence-electron chi connectivity index (χ4n) is 3.05. The summed E-state index contributed by atoms with van der Waals surface area (Å²) in [6.45, 7) is 6.91. The van der Waals surface area contributed by atoms with Gasteiger partial charge >= 0.3 is 0 Å². The number of hydrogen-bond donors (Lipinski definition) is 0. The van der Waals surface area contributed by atoms with Gasteiger partial charge in [0.15, 0.2) is 0 Å². The molecule has 1 heteroatoms. The molecule has 0 amide bonds. The molecule has 11 heavy (non-hydrogen) atoms. The topological polar surface area (TPSA) is 0 Å². The number of fused-ring (bicyclic) bond motifs is 2. The average Bonchev–Trinajstić information content (AvgIpc) is 2.37. The second-order valence-corrected chi connectivity index (χ2v) is 5.79. The Kier molecular flexibility index (Phi) is 1.41. The van der Waals surface area contributed by atoms with Crippen molar-refractivity contribution in [3.05, 3.63) is 0 Å². The van der Waals surface area contributed by atoms with Crippen LogP contribution in [0.3, 0.4) is 0 Å². The minimum absolute atomic E-state index is 0.0793. The summed E-state index contributed by atoms with van der Waals surface area (Å²) in [5.74, 6) is 1.69. The third-order valence-electron chi connectivity index (χ3n) is 4.48. The first-order valence-electron chi connectivity index (χ1n) is 4.65. The highest BCUT2D eigenvalue weighted by Gasteiger charge is 2.59. The average molecular weight is 173 g/mol. The van der Waals surface area contributed by atoms with E-state index in [1.807, 2.05) is 0 Å². The van der Waals surface area contributed by atoms with Gasteiger partial charge in [-0.15, -0.1) is 11.6 Å². The summed E-state index contributed by atoms with van der Waals surface area (Å²) >= 11 is 6.56. The van der Waals surface area contributed by atoms with Crippen molar-refractivity contribution in [2.75, 3.05) is 0 Å². The zero-order chi connectivity index (χ0) is 8.28. The van der Waals surface area contributed by atoms with E-state index in [4.69, 9.17) is 11.6 Å². The van der Waals surface area contributed by atoms with E-state index in [-0.39, 0.29) is 4.87 Å². The molecule has 0 saturated heterocycles. The van der Waals surface area contributed by atoms with Crippen LogP contribution in [0, 0.1) is 17.3 Å². The summed E-state index contributed by atoms with van der Waals surface area (Å²) in [5.41, 5.74) is 0.372. The van der Waals surface area contributed by atoms with E-state index in [0.717, 1.165) is 11.8 Å². The first-order valence-corrected chi connectivity index (χ1v) is 5.03. The maximum Gasteiger partial charge on any atom is 0.0500 e. The second-order valence-electron chi connectivity index (χ2n) is 5.00. The number of rotatable bonds is 0. The standard InChI is InChI=1S/C10H17Cl/c1-9(2)7-4-5-8(6-7)10(9,3)11/h7-8H,4-6H2,1-3H3/t7-,8+,10-/m0/s1. The Morgan fingerprint density at radius 3 is 1.91 bits per heavy atom. The van der Waals surface area contributed by atoms with Crippen molar-refractivity contribution in [1.82, 2.24) is 0 Å². The lowest BCUT2D eigenvalue weighted by Gasteiger charge is -2.43. The minimum Gasteiger partial charge on any atom is -0.119 e. The van der Waals surface area contributed by atoms with Crippen molar-refractivity contribution in [2.24, 2.45) is 17.3 Å². The van der Waals surface area contributed by atoms with Gasteiger partial charge in [-0.3, -0.25) is 0 Å². The predicted molar refractivity (Wildman–Crippen MR) is 48.9 cm³/mol. The molecular formula is C10H17Cl. The molecular weight excluding hydrogens is 156 g/mol. The summed E-state index contributed by atoms with van der Waals surface area (Å²) < 4.78 is 0. The van der Waals surface area contributed by atoms with E-state index < -0.39 is 0 Å². The van der Waals surface area contributed by atoms with Gasteiger partial charge in [0, 0.05) is 4.87 Å². The Hall–Kier alpha value is 0.290. The van der Waals surface area contributed by atoms with Crippen LogP contribution in [0.4, 0.5) is 0 Å². The summed E-state index contributed by atoms with van der Waals surface area (Å²) in [6.07, 6.45) is 4.17. The molecule has 3 atom stereocenters. The fraction of sp³-hybridized carbons (Fsp3) is 1.00. The summed E-state index contributed by atoms with van der Waals surface area (Å²) in [7, 11) is 0. The van der Waals surface area contributed by atoms with E-state index >= 15 is 0 Å². The van der Waals surface area contributed by atoms with Crippen LogP contribution in [0.2, 0.25) is 0 Å². The summed E-state index contributed by atoms with van der Waals surface area (Å²) in [5, 5.41) is 0. The smallest absolute Gasteiger partial charge is 0.0500 e. The lowest BCUT2D eigenvalue weighted by atomic mass is 9.69. The van der Waals surface area contributed by atoms with E-state index in [0.29, 0.717) is 5.41 Å². The van der Waals surface area contributed by atoms with E-state index in [2.05, 4.69) is 20.8 Å². The van der Waals surface area contributed by atoms with Crippen LogP contribution in [0.5, 0.6) is 0 Å². The van der Waals surface area contributed by atoms with Crippen LogP contribution in [0.1, 0.15) is 40.0 Å². The van der Waals surface area contributed by atoms with Crippen molar-refractivity contribution in [1.29, 1.82) is 0 Å². The zero-order valence-electron chi connectivity index (χ0n) is 7.65. The maximum absolute atomic E-state index is 6.56. The third-order valence-corrected chi connectivity index (χ3v) is 5.28. The van der Waals surface area contributed by atoms with Crippen LogP contribution < -0.4 is 0 Å². The highest BCUT2D eigenvalue weighted by molar-refractivity contribution is 6.24. The largest absolute Gasteiger partial charge is 0.119 e. The summed E-state index contributed by atoms with van der Waals surface area (Å²) in [6, 6.07) is 0. The van der Waals surface area contributed by atoms with E-state index in [1.54, 1.807) is 0 Å². The SMILES string of the molecule is CC1(C)[C@H]2CC[C@H](C2)[C@]1(C)Cl. The van der Waals surface area contributed by atoms with E-state index in [1.165, 1.54) is 19.3 Å². The van der Waals surface area contributed by atoms with Gasteiger partial charge < -0.3 is 0 Å². The highest BCUT2D eigenvalue weighted by Crippen LogP contribution is 2.64. The number of hydrogen-bond acceptors (Lipinski definition) is 0. The molecule has 0 N–H and O–H groups in total. The molecule has 0 aromatic rings. The van der Waals surface area contributed by atoms with Crippen molar-refractivity contribution >= 4 is 11.6 Å². The van der Waals surface area contributed by atoms with Crippen LogP contribution in [-0.4, -0.2) is 4.87 Å². The van der Waals surface area contributed by atoms with Gasteiger partial charge in [-0.05, 0) is 43.4 Å². The highest BCUT2D eigenvalue weighted by atomic mass is 35.5. The quantitative estimate of drug-likeness (QED) is 0.491. The van der Waals surface area contributed by atoms with Crippen molar-refractivity contribution in [3.63, 3.8) is 0 Å². The van der Waals surface area contributed by atoms with Crippen LogP contribution >= 0.6 is 11.6 Å². The molecule has 0 spiro atoms. The molecule has 2 aliphatic carbocycles. The Morgan fingerprint density at radius 2 is 1.64 bits per heavy atom. The first kappa shape index (κ1) is 7.91. The van der Waals surface area contributed by atoms with Gasteiger partial charge in [-0.2, -0.15) is 0 Å².